The van der Waals surface area contributed by atoms with Gasteiger partial charge in [0, 0.05) is 76.2 Å². The Morgan fingerprint density at radius 1 is 1.03 bits per heavy atom. The van der Waals surface area contributed by atoms with Gasteiger partial charge in [-0.15, -0.1) is 0 Å². The summed E-state index contributed by atoms with van der Waals surface area (Å²) in [5.41, 5.74) is 4.98. The molecule has 1 N–H and O–H groups in total. The highest BCUT2D eigenvalue weighted by Gasteiger charge is 2.21. The van der Waals surface area contributed by atoms with Gasteiger partial charge in [0.15, 0.2) is 11.5 Å². The van der Waals surface area contributed by atoms with Crippen molar-refractivity contribution in [2.45, 2.75) is 20.4 Å². The molecule has 4 aromatic rings. The minimum Gasteiger partial charge on any atom is -0.363 e. The Hall–Kier alpha value is -4.01. The van der Waals surface area contributed by atoms with Gasteiger partial charge < -0.3 is 15.1 Å². The highest BCUT2D eigenvalue weighted by molar-refractivity contribution is 5.73. The van der Waals surface area contributed by atoms with E-state index >= 15 is 0 Å². The van der Waals surface area contributed by atoms with E-state index in [1.165, 1.54) is 0 Å². The predicted octanol–water partition coefficient (Wildman–Crippen LogP) is 2.78. The smallest absolute Gasteiger partial charge is 0.219 e. The monoisotopic (exact) mass is 442 g/mol. The Kier molecular flexibility index (Phi) is 5.60. The number of carbonyl (C=O) groups is 1. The Morgan fingerprint density at radius 3 is 2.55 bits per heavy atom. The van der Waals surface area contributed by atoms with Crippen molar-refractivity contribution in [3.05, 3.63) is 66.5 Å². The molecule has 33 heavy (non-hydrogen) atoms. The lowest BCUT2D eigenvalue weighted by molar-refractivity contribution is -0.129. The number of piperazine rings is 1. The van der Waals surface area contributed by atoms with Gasteiger partial charge in [0.25, 0.3) is 0 Å². The maximum Gasteiger partial charge on any atom is 0.219 e. The summed E-state index contributed by atoms with van der Waals surface area (Å²) >= 11 is 0. The number of nitrogens with one attached hydrogen (secondary N) is 1. The number of carbonyl (C=O) groups excluding carboxylic acids is 1. The second kappa shape index (κ2) is 8.85. The van der Waals surface area contributed by atoms with Crippen molar-refractivity contribution in [2.24, 2.45) is 0 Å². The van der Waals surface area contributed by atoms with Crippen molar-refractivity contribution >= 4 is 23.2 Å². The maximum atomic E-state index is 11.6. The Labute approximate surface area is 192 Å². The summed E-state index contributed by atoms with van der Waals surface area (Å²) in [6.07, 6.45) is 11.0. The Morgan fingerprint density at radius 2 is 1.82 bits per heavy atom. The third-order valence-corrected chi connectivity index (χ3v) is 6.01. The number of aromatic nitrogens is 5. The molecule has 5 heterocycles. The lowest BCUT2D eigenvalue weighted by Gasteiger charge is -2.35. The topological polar surface area (TPSA) is 91.5 Å². The van der Waals surface area contributed by atoms with Crippen LogP contribution in [-0.2, 0) is 11.3 Å². The zero-order valence-electron chi connectivity index (χ0n) is 18.8. The Bertz CT molecular complexity index is 1280. The molecule has 4 aromatic heterocycles. The second-order valence-corrected chi connectivity index (χ2v) is 8.18. The molecule has 0 spiro atoms. The average Bonchev–Trinajstić information content (AvgIpc) is 3.28. The first-order valence-electron chi connectivity index (χ1n) is 11.0. The van der Waals surface area contributed by atoms with E-state index in [2.05, 4.69) is 47.5 Å². The molecule has 9 heteroatoms. The third-order valence-electron chi connectivity index (χ3n) is 6.01. The fourth-order valence-corrected chi connectivity index (χ4v) is 4.24. The summed E-state index contributed by atoms with van der Waals surface area (Å²) in [6.45, 7) is 7.30. The number of aryl methyl sites for hydroxylation is 1. The van der Waals surface area contributed by atoms with Gasteiger partial charge in [-0.25, -0.2) is 9.97 Å². The van der Waals surface area contributed by atoms with E-state index in [1.54, 1.807) is 25.5 Å². The molecule has 0 radical (unpaired) electrons. The standard InChI is InChI=1S/C24H26N8O/c1-17-13-19(14-27-22(17)20-3-5-25-6-4-20)15-28-23-24-29-16-21(32(24)8-7-26-23)31-11-9-30(10-12-31)18(2)33/h3-8,13-14,16H,9-12,15H2,1-2H3,(H,26,28). The molecule has 5 rings (SSSR count). The van der Waals surface area contributed by atoms with Crippen molar-refractivity contribution < 1.29 is 4.79 Å². The highest BCUT2D eigenvalue weighted by atomic mass is 16.2. The molecule has 1 aliphatic heterocycles. The van der Waals surface area contributed by atoms with Crippen LogP contribution in [0.2, 0.25) is 0 Å². The van der Waals surface area contributed by atoms with Crippen molar-refractivity contribution in [2.75, 3.05) is 36.4 Å². The van der Waals surface area contributed by atoms with E-state index in [-0.39, 0.29) is 5.91 Å². The largest absolute Gasteiger partial charge is 0.363 e. The molecule has 0 aromatic carbocycles. The van der Waals surface area contributed by atoms with Gasteiger partial charge in [-0.1, -0.05) is 6.07 Å². The van der Waals surface area contributed by atoms with Gasteiger partial charge >= 0.3 is 0 Å². The molecule has 1 aliphatic rings. The van der Waals surface area contributed by atoms with Crippen LogP contribution in [0, 0.1) is 6.92 Å². The lowest BCUT2D eigenvalue weighted by Crippen LogP contribution is -2.48. The van der Waals surface area contributed by atoms with Crippen LogP contribution in [0.25, 0.3) is 16.9 Å². The molecule has 0 atom stereocenters. The molecule has 0 saturated carbocycles. The van der Waals surface area contributed by atoms with E-state index < -0.39 is 0 Å². The van der Waals surface area contributed by atoms with Crippen LogP contribution in [0.4, 0.5) is 11.6 Å². The number of amides is 1. The number of fused-ring (bicyclic) bond motifs is 1. The fraction of sp³-hybridized carbons (Fsp3) is 0.292. The lowest BCUT2D eigenvalue weighted by atomic mass is 10.1. The van der Waals surface area contributed by atoms with E-state index in [0.717, 1.165) is 65.8 Å². The van der Waals surface area contributed by atoms with Crippen LogP contribution < -0.4 is 10.2 Å². The van der Waals surface area contributed by atoms with Crippen LogP contribution in [0.3, 0.4) is 0 Å². The van der Waals surface area contributed by atoms with Gasteiger partial charge in [-0.3, -0.25) is 19.2 Å². The highest BCUT2D eigenvalue weighted by Crippen LogP contribution is 2.24. The Balaban J connectivity index is 1.31. The van der Waals surface area contributed by atoms with Crippen LogP contribution >= 0.6 is 0 Å². The van der Waals surface area contributed by atoms with Gasteiger partial charge in [0.1, 0.15) is 5.82 Å². The molecule has 9 nitrogen and oxygen atoms in total. The fourth-order valence-electron chi connectivity index (χ4n) is 4.24. The molecular formula is C24H26N8O. The summed E-state index contributed by atoms with van der Waals surface area (Å²) < 4.78 is 2.05. The minimum atomic E-state index is 0.127. The van der Waals surface area contributed by atoms with Crippen LogP contribution in [0.15, 0.2) is 55.4 Å². The molecule has 0 bridgehead atoms. The average molecular weight is 443 g/mol. The molecule has 1 saturated heterocycles. The number of anilines is 2. The normalized spacial score (nSPS) is 14.0. The molecule has 1 amide bonds. The first-order chi connectivity index (χ1) is 16.1. The van der Waals surface area contributed by atoms with Gasteiger partial charge in [0.2, 0.25) is 5.91 Å². The molecular weight excluding hydrogens is 416 g/mol. The first kappa shape index (κ1) is 20.9. The third kappa shape index (κ3) is 4.21. The number of rotatable bonds is 5. The summed E-state index contributed by atoms with van der Waals surface area (Å²) in [7, 11) is 0. The predicted molar refractivity (Wildman–Crippen MR) is 127 cm³/mol. The zero-order valence-corrected chi connectivity index (χ0v) is 18.8. The summed E-state index contributed by atoms with van der Waals surface area (Å²) in [6, 6.07) is 6.07. The number of hydrogen-bond donors (Lipinski definition) is 1. The van der Waals surface area contributed by atoms with E-state index in [4.69, 9.17) is 0 Å². The number of imidazole rings is 1. The molecule has 0 unspecified atom stereocenters. The zero-order chi connectivity index (χ0) is 22.8. The van der Waals surface area contributed by atoms with Gasteiger partial charge in [-0.05, 0) is 30.2 Å². The number of pyridine rings is 2. The van der Waals surface area contributed by atoms with Crippen molar-refractivity contribution in [3.63, 3.8) is 0 Å². The van der Waals surface area contributed by atoms with Crippen LogP contribution in [-0.4, -0.2) is 61.3 Å². The summed E-state index contributed by atoms with van der Waals surface area (Å²) in [5, 5.41) is 3.41. The van der Waals surface area contributed by atoms with Crippen LogP contribution in [0.1, 0.15) is 18.1 Å². The second-order valence-electron chi connectivity index (χ2n) is 8.18. The van der Waals surface area contributed by atoms with Crippen molar-refractivity contribution in [1.29, 1.82) is 0 Å². The minimum absolute atomic E-state index is 0.127. The van der Waals surface area contributed by atoms with Crippen molar-refractivity contribution in [3.8, 4) is 11.3 Å². The maximum absolute atomic E-state index is 11.6. The van der Waals surface area contributed by atoms with E-state index in [1.807, 2.05) is 35.6 Å². The van der Waals surface area contributed by atoms with Crippen molar-refractivity contribution in [1.82, 2.24) is 29.2 Å². The summed E-state index contributed by atoms with van der Waals surface area (Å²) in [4.78, 5) is 33.6. The van der Waals surface area contributed by atoms with E-state index in [0.29, 0.717) is 6.54 Å². The number of hydrogen-bond acceptors (Lipinski definition) is 7. The molecule has 0 aliphatic carbocycles. The number of nitrogens with zero attached hydrogens (tertiary/aromatic N) is 7. The SMILES string of the molecule is CC(=O)N1CCN(c2cnc3c(NCc4cnc(-c5ccncc5)c(C)c4)nccn23)CC1. The quantitative estimate of drug-likeness (QED) is 0.508. The van der Waals surface area contributed by atoms with Gasteiger partial charge in [-0.2, -0.15) is 0 Å². The molecule has 1 fully saturated rings. The van der Waals surface area contributed by atoms with Gasteiger partial charge in [0.05, 0.1) is 11.9 Å². The summed E-state index contributed by atoms with van der Waals surface area (Å²) in [5.74, 6) is 1.86. The van der Waals surface area contributed by atoms with Crippen LogP contribution in [0.5, 0.6) is 0 Å². The molecule has 168 valence electrons. The van der Waals surface area contributed by atoms with E-state index in [9.17, 15) is 4.79 Å². The first-order valence-corrected chi connectivity index (χ1v) is 11.0.